The van der Waals surface area contributed by atoms with Gasteiger partial charge in [0.25, 0.3) is 17.1 Å². The molecule has 252 valence electrons. The van der Waals surface area contributed by atoms with Crippen molar-refractivity contribution in [3.63, 3.8) is 0 Å². The zero-order valence-corrected chi connectivity index (χ0v) is 28.5. The summed E-state index contributed by atoms with van der Waals surface area (Å²) >= 11 is 6.84. The van der Waals surface area contributed by atoms with Gasteiger partial charge in [-0.3, -0.25) is 24.1 Å². The Morgan fingerprint density at radius 1 is 0.979 bits per heavy atom. The highest BCUT2D eigenvalue weighted by atomic mass is 35.5. The Balaban J connectivity index is 1.37. The summed E-state index contributed by atoms with van der Waals surface area (Å²) in [5.74, 6) is -1.40. The Labute approximate surface area is 287 Å². The van der Waals surface area contributed by atoms with Crippen LogP contribution in [0.4, 0.5) is 16.2 Å². The lowest BCUT2D eigenvalue weighted by atomic mass is 10.0. The number of anilines is 2. The van der Waals surface area contributed by atoms with Gasteiger partial charge >= 0.3 is 5.97 Å². The van der Waals surface area contributed by atoms with Crippen LogP contribution >= 0.6 is 23.4 Å². The Morgan fingerprint density at radius 2 is 1.75 bits per heavy atom. The Kier molecular flexibility index (Phi) is 12.6. The first-order valence-electron chi connectivity index (χ1n) is 15.2. The van der Waals surface area contributed by atoms with Gasteiger partial charge in [0.05, 0.1) is 29.2 Å². The van der Waals surface area contributed by atoms with Gasteiger partial charge in [-0.05, 0) is 77.7 Å². The van der Waals surface area contributed by atoms with E-state index in [1.54, 1.807) is 18.2 Å². The van der Waals surface area contributed by atoms with Crippen LogP contribution in [0.15, 0.2) is 65.6 Å². The average molecular weight is 694 g/mol. The number of para-hydroxylation sites is 1. The molecule has 1 aliphatic rings. The highest BCUT2D eigenvalue weighted by molar-refractivity contribution is 8.18. The molecule has 0 bridgehead atoms. The minimum absolute atomic E-state index is 0.0854. The number of unbranched alkanes of at least 4 members (excludes halogenated alkanes) is 1. The number of halogens is 1. The lowest BCUT2D eigenvalue weighted by molar-refractivity contribution is -0.127. The molecule has 0 unspecified atom stereocenters. The van der Waals surface area contributed by atoms with Gasteiger partial charge in [-0.25, -0.2) is 4.79 Å². The molecule has 13 heteroatoms. The van der Waals surface area contributed by atoms with E-state index in [-0.39, 0.29) is 46.2 Å². The van der Waals surface area contributed by atoms with Crippen LogP contribution in [0.25, 0.3) is 6.08 Å². The second kappa shape index (κ2) is 16.8. The van der Waals surface area contributed by atoms with E-state index >= 15 is 0 Å². The molecule has 0 aliphatic carbocycles. The minimum Gasteiger partial charge on any atom is -0.493 e. The number of carbonyl (C=O) groups is 5. The number of amides is 4. The normalized spacial score (nSPS) is 13.5. The molecular formula is C35H36ClN3O8S. The van der Waals surface area contributed by atoms with Crippen LogP contribution in [0.5, 0.6) is 11.5 Å². The first-order valence-corrected chi connectivity index (χ1v) is 16.4. The molecule has 0 radical (unpaired) electrons. The highest BCUT2D eigenvalue weighted by Crippen LogP contribution is 2.35. The van der Waals surface area contributed by atoms with E-state index < -0.39 is 29.6 Å². The van der Waals surface area contributed by atoms with E-state index in [1.165, 1.54) is 31.4 Å². The third-order valence-corrected chi connectivity index (χ3v) is 8.31. The molecule has 1 fully saturated rings. The zero-order chi connectivity index (χ0) is 34.8. The van der Waals surface area contributed by atoms with Gasteiger partial charge in [-0.15, -0.1) is 0 Å². The van der Waals surface area contributed by atoms with Crippen LogP contribution < -0.4 is 20.1 Å². The third-order valence-electron chi connectivity index (χ3n) is 7.08. The monoisotopic (exact) mass is 693 g/mol. The molecule has 1 heterocycles. The van der Waals surface area contributed by atoms with E-state index in [0.717, 1.165) is 16.9 Å². The summed E-state index contributed by atoms with van der Waals surface area (Å²) in [4.78, 5) is 64.5. The summed E-state index contributed by atoms with van der Waals surface area (Å²) in [6.07, 6.45) is 3.06. The van der Waals surface area contributed by atoms with Crippen molar-refractivity contribution in [2.75, 3.05) is 37.5 Å². The van der Waals surface area contributed by atoms with Crippen molar-refractivity contribution in [3.05, 3.63) is 87.3 Å². The SMILES string of the molecule is CCCCOC(=O)c1cc(NC(=O)CN2C(=O)S/C(=C\c3ccc(OCC(=O)Nc4ccccc4C(C)C)c(OC)c3)C2=O)ccc1Cl. The molecule has 48 heavy (non-hydrogen) atoms. The summed E-state index contributed by atoms with van der Waals surface area (Å²) < 4.78 is 16.4. The zero-order valence-electron chi connectivity index (χ0n) is 27.0. The number of hydrogen-bond acceptors (Lipinski definition) is 9. The quantitative estimate of drug-likeness (QED) is 0.103. The van der Waals surface area contributed by atoms with Crippen LogP contribution in [0, 0.1) is 0 Å². The predicted octanol–water partition coefficient (Wildman–Crippen LogP) is 7.12. The van der Waals surface area contributed by atoms with Gasteiger partial charge in [0.15, 0.2) is 18.1 Å². The number of thioether (sulfide) groups is 1. The fourth-order valence-corrected chi connectivity index (χ4v) is 5.65. The van der Waals surface area contributed by atoms with Crippen molar-refractivity contribution in [1.82, 2.24) is 4.90 Å². The second-order valence-corrected chi connectivity index (χ2v) is 12.4. The molecule has 11 nitrogen and oxygen atoms in total. The topological polar surface area (TPSA) is 140 Å². The maximum atomic E-state index is 13.1. The lowest BCUT2D eigenvalue weighted by Crippen LogP contribution is -2.36. The number of hydrogen-bond donors (Lipinski definition) is 2. The molecule has 0 aromatic heterocycles. The van der Waals surface area contributed by atoms with E-state index in [2.05, 4.69) is 10.6 Å². The van der Waals surface area contributed by atoms with Gasteiger partial charge in [0, 0.05) is 11.4 Å². The van der Waals surface area contributed by atoms with Crippen LogP contribution in [0.3, 0.4) is 0 Å². The van der Waals surface area contributed by atoms with E-state index in [1.807, 2.05) is 45.0 Å². The molecule has 1 aliphatic heterocycles. The number of esters is 1. The Morgan fingerprint density at radius 3 is 2.48 bits per heavy atom. The van der Waals surface area contributed by atoms with E-state index in [9.17, 15) is 24.0 Å². The first kappa shape index (κ1) is 36.0. The Hall–Kier alpha value is -4.81. The summed E-state index contributed by atoms with van der Waals surface area (Å²) in [6, 6.07) is 16.7. The number of imide groups is 1. The number of rotatable bonds is 14. The molecule has 0 spiro atoms. The van der Waals surface area contributed by atoms with E-state index in [4.69, 9.17) is 25.8 Å². The van der Waals surface area contributed by atoms with Gasteiger partial charge in [-0.2, -0.15) is 0 Å². The van der Waals surface area contributed by atoms with Crippen molar-refractivity contribution in [3.8, 4) is 11.5 Å². The molecule has 2 N–H and O–H groups in total. The van der Waals surface area contributed by atoms with Crippen molar-refractivity contribution in [2.45, 2.75) is 39.5 Å². The van der Waals surface area contributed by atoms with Crippen molar-refractivity contribution in [1.29, 1.82) is 0 Å². The standard InChI is InChI=1S/C35H36ClN3O8S/c1-5-6-15-46-34(43)25-18-23(12-13-26(25)36)37-31(40)19-39-33(42)30(48-35(39)44)17-22-11-14-28(29(16-22)45-4)47-20-32(41)38-27-10-8-7-9-24(27)21(2)3/h7-14,16-18,21H,5-6,15,19-20H2,1-4H3,(H,37,40)(H,38,41)/b30-17-. The number of nitrogens with zero attached hydrogens (tertiary/aromatic N) is 1. The van der Waals surface area contributed by atoms with Gasteiger partial charge in [0.2, 0.25) is 5.91 Å². The number of carbonyl (C=O) groups excluding carboxylic acids is 5. The van der Waals surface area contributed by atoms with Crippen LogP contribution in [-0.4, -0.2) is 60.7 Å². The molecule has 4 rings (SSSR count). The minimum atomic E-state index is -0.647. The van der Waals surface area contributed by atoms with Gasteiger partial charge < -0.3 is 24.8 Å². The van der Waals surface area contributed by atoms with Crippen molar-refractivity contribution < 1.29 is 38.2 Å². The number of benzene rings is 3. The Bertz CT molecular complexity index is 1740. The fraction of sp³-hybridized carbons (Fsp3) is 0.286. The van der Waals surface area contributed by atoms with Crippen LogP contribution in [-0.2, 0) is 19.1 Å². The van der Waals surface area contributed by atoms with Crippen molar-refractivity contribution in [2.24, 2.45) is 0 Å². The highest BCUT2D eigenvalue weighted by Gasteiger charge is 2.36. The summed E-state index contributed by atoms with van der Waals surface area (Å²) in [7, 11) is 1.44. The lowest BCUT2D eigenvalue weighted by Gasteiger charge is -2.15. The molecule has 1 saturated heterocycles. The molecule has 3 aromatic carbocycles. The molecule has 0 saturated carbocycles. The fourth-order valence-electron chi connectivity index (χ4n) is 4.62. The summed E-state index contributed by atoms with van der Waals surface area (Å²) in [6.45, 7) is 5.49. The van der Waals surface area contributed by atoms with Crippen LogP contribution in [0.2, 0.25) is 5.02 Å². The molecule has 4 amide bonds. The smallest absolute Gasteiger partial charge is 0.339 e. The van der Waals surface area contributed by atoms with E-state index in [0.29, 0.717) is 40.9 Å². The predicted molar refractivity (Wildman–Crippen MR) is 186 cm³/mol. The molecule has 0 atom stereocenters. The van der Waals surface area contributed by atoms with Crippen LogP contribution in [0.1, 0.15) is 61.0 Å². The summed E-state index contributed by atoms with van der Waals surface area (Å²) in [5, 5.41) is 5.01. The number of methoxy groups -OCH3 is 1. The maximum absolute atomic E-state index is 13.1. The first-order chi connectivity index (χ1) is 23.0. The van der Waals surface area contributed by atoms with Gasteiger partial charge in [0.1, 0.15) is 6.54 Å². The average Bonchev–Trinajstić information content (AvgIpc) is 3.32. The summed E-state index contributed by atoms with van der Waals surface area (Å²) in [5.41, 5.74) is 2.59. The maximum Gasteiger partial charge on any atom is 0.339 e. The van der Waals surface area contributed by atoms with Gasteiger partial charge in [-0.1, -0.05) is 63.1 Å². The molecule has 3 aromatic rings. The largest absolute Gasteiger partial charge is 0.493 e. The van der Waals surface area contributed by atoms with Crippen molar-refractivity contribution >= 4 is 69.7 Å². The number of nitrogens with one attached hydrogen (secondary N) is 2. The second-order valence-electron chi connectivity index (χ2n) is 11.0. The third kappa shape index (κ3) is 9.39. The number of ether oxygens (including phenoxy) is 3. The molecular weight excluding hydrogens is 658 g/mol.